The fourth-order valence-electron chi connectivity index (χ4n) is 4.46. The first kappa shape index (κ1) is 17.9. The molecule has 0 aliphatic carbocycles. The average Bonchev–Trinajstić information content (AvgIpc) is 2.74. The molecule has 6 nitrogen and oxygen atoms in total. The van der Waals surface area contributed by atoms with Gasteiger partial charge in [0.1, 0.15) is 19.0 Å². The SMILES string of the molecule is CN1CCc2nc(C3CCN(Cc4ccc5c(c4)OCCO5)CC3)ncc2C1. The molecular formula is C22H28N4O2. The summed E-state index contributed by atoms with van der Waals surface area (Å²) in [6.45, 7) is 6.48. The van der Waals surface area contributed by atoms with Gasteiger partial charge in [-0.25, -0.2) is 9.97 Å². The van der Waals surface area contributed by atoms with Gasteiger partial charge in [0.2, 0.25) is 0 Å². The van der Waals surface area contributed by atoms with Crippen LogP contribution >= 0.6 is 0 Å². The van der Waals surface area contributed by atoms with E-state index in [1.807, 2.05) is 6.07 Å². The molecular weight excluding hydrogens is 352 g/mol. The number of piperidine rings is 1. The van der Waals surface area contributed by atoms with Gasteiger partial charge < -0.3 is 14.4 Å². The maximum atomic E-state index is 5.72. The molecule has 3 aliphatic rings. The monoisotopic (exact) mass is 380 g/mol. The number of likely N-dealkylation sites (N-methyl/N-ethyl adjacent to an activating group) is 1. The van der Waals surface area contributed by atoms with Gasteiger partial charge in [-0.05, 0) is 50.7 Å². The second-order valence-electron chi connectivity index (χ2n) is 8.22. The van der Waals surface area contributed by atoms with Gasteiger partial charge in [0, 0.05) is 49.4 Å². The summed E-state index contributed by atoms with van der Waals surface area (Å²) in [4.78, 5) is 14.5. The van der Waals surface area contributed by atoms with E-state index in [4.69, 9.17) is 19.4 Å². The molecule has 0 bridgehead atoms. The van der Waals surface area contributed by atoms with Crippen molar-refractivity contribution >= 4 is 0 Å². The van der Waals surface area contributed by atoms with E-state index in [9.17, 15) is 0 Å². The molecule has 5 rings (SSSR count). The van der Waals surface area contributed by atoms with Crippen molar-refractivity contribution in [2.75, 3.05) is 39.9 Å². The van der Waals surface area contributed by atoms with Crippen LogP contribution in [0.15, 0.2) is 24.4 Å². The second-order valence-corrected chi connectivity index (χ2v) is 8.22. The van der Waals surface area contributed by atoms with Crippen LogP contribution in [0.25, 0.3) is 0 Å². The molecule has 0 amide bonds. The fraction of sp³-hybridized carbons (Fsp3) is 0.545. The zero-order chi connectivity index (χ0) is 18.9. The number of ether oxygens (including phenoxy) is 2. The van der Waals surface area contributed by atoms with Crippen molar-refractivity contribution in [1.82, 2.24) is 19.8 Å². The average molecular weight is 380 g/mol. The predicted octanol–water partition coefficient (Wildman–Crippen LogP) is 2.62. The number of rotatable bonds is 3. The molecule has 1 aromatic carbocycles. The number of fused-ring (bicyclic) bond motifs is 2. The highest BCUT2D eigenvalue weighted by molar-refractivity contribution is 5.43. The Balaban J connectivity index is 1.20. The van der Waals surface area contributed by atoms with Crippen LogP contribution in [0, 0.1) is 0 Å². The van der Waals surface area contributed by atoms with E-state index in [0.717, 1.165) is 69.3 Å². The zero-order valence-electron chi connectivity index (χ0n) is 16.6. The molecule has 3 aliphatic heterocycles. The van der Waals surface area contributed by atoms with Crippen LogP contribution in [-0.4, -0.2) is 59.7 Å². The number of aromatic nitrogens is 2. The van der Waals surface area contributed by atoms with Crippen LogP contribution < -0.4 is 9.47 Å². The maximum absolute atomic E-state index is 5.72. The first-order valence-corrected chi connectivity index (χ1v) is 10.4. The number of nitrogens with zero attached hydrogens (tertiary/aromatic N) is 4. The van der Waals surface area contributed by atoms with Crippen LogP contribution in [0.1, 0.15) is 41.4 Å². The molecule has 1 saturated heterocycles. The molecule has 0 N–H and O–H groups in total. The van der Waals surface area contributed by atoms with Crippen molar-refractivity contribution in [2.24, 2.45) is 0 Å². The molecule has 0 radical (unpaired) electrons. The molecule has 6 heteroatoms. The Morgan fingerprint density at radius 1 is 1.07 bits per heavy atom. The van der Waals surface area contributed by atoms with Gasteiger partial charge in [0.05, 0.1) is 0 Å². The third-order valence-corrected chi connectivity index (χ3v) is 6.11. The highest BCUT2D eigenvalue weighted by atomic mass is 16.6. The molecule has 28 heavy (non-hydrogen) atoms. The first-order chi connectivity index (χ1) is 13.7. The Kier molecular flexibility index (Phi) is 4.91. The molecule has 0 unspecified atom stereocenters. The van der Waals surface area contributed by atoms with Crippen LogP contribution in [-0.2, 0) is 19.5 Å². The van der Waals surface area contributed by atoms with Crippen molar-refractivity contribution < 1.29 is 9.47 Å². The van der Waals surface area contributed by atoms with E-state index in [2.05, 4.69) is 35.2 Å². The van der Waals surface area contributed by atoms with Crippen molar-refractivity contribution in [3.8, 4) is 11.5 Å². The minimum atomic E-state index is 0.487. The molecule has 1 aromatic heterocycles. The number of hydrogen-bond acceptors (Lipinski definition) is 6. The predicted molar refractivity (Wildman–Crippen MR) is 107 cm³/mol. The van der Waals surface area contributed by atoms with E-state index in [1.165, 1.54) is 16.8 Å². The van der Waals surface area contributed by atoms with Gasteiger partial charge in [0.25, 0.3) is 0 Å². The highest BCUT2D eigenvalue weighted by Gasteiger charge is 2.25. The van der Waals surface area contributed by atoms with Crippen LogP contribution in [0.4, 0.5) is 0 Å². The summed E-state index contributed by atoms with van der Waals surface area (Å²) >= 11 is 0. The summed E-state index contributed by atoms with van der Waals surface area (Å²) in [5.74, 6) is 3.29. The zero-order valence-corrected chi connectivity index (χ0v) is 16.6. The topological polar surface area (TPSA) is 50.7 Å². The Labute approximate surface area is 166 Å². The lowest BCUT2D eigenvalue weighted by Gasteiger charge is -2.32. The Hall–Kier alpha value is -2.18. The van der Waals surface area contributed by atoms with Crippen molar-refractivity contribution in [1.29, 1.82) is 0 Å². The minimum Gasteiger partial charge on any atom is -0.486 e. The van der Waals surface area contributed by atoms with Gasteiger partial charge in [0.15, 0.2) is 11.5 Å². The highest BCUT2D eigenvalue weighted by Crippen LogP contribution is 2.32. The summed E-state index contributed by atoms with van der Waals surface area (Å²) in [6.07, 6.45) is 5.37. The quantitative estimate of drug-likeness (QED) is 0.816. The van der Waals surface area contributed by atoms with Gasteiger partial charge in [-0.2, -0.15) is 0 Å². The number of hydrogen-bond donors (Lipinski definition) is 0. The van der Waals surface area contributed by atoms with E-state index in [1.54, 1.807) is 0 Å². The number of benzene rings is 1. The summed E-state index contributed by atoms with van der Waals surface area (Å²) in [7, 11) is 2.16. The summed E-state index contributed by atoms with van der Waals surface area (Å²) < 4.78 is 11.3. The van der Waals surface area contributed by atoms with E-state index in [0.29, 0.717) is 19.1 Å². The lowest BCUT2D eigenvalue weighted by Crippen LogP contribution is -2.33. The fourth-order valence-corrected chi connectivity index (χ4v) is 4.46. The molecule has 0 spiro atoms. The molecule has 0 atom stereocenters. The van der Waals surface area contributed by atoms with Crippen molar-refractivity contribution in [2.45, 2.75) is 38.3 Å². The third kappa shape index (κ3) is 3.71. The summed E-state index contributed by atoms with van der Waals surface area (Å²) in [5.41, 5.74) is 3.85. The van der Waals surface area contributed by atoms with Crippen LogP contribution in [0.2, 0.25) is 0 Å². The third-order valence-electron chi connectivity index (χ3n) is 6.11. The van der Waals surface area contributed by atoms with Crippen LogP contribution in [0.5, 0.6) is 11.5 Å². The Morgan fingerprint density at radius 2 is 1.89 bits per heavy atom. The Morgan fingerprint density at radius 3 is 2.75 bits per heavy atom. The Bertz CT molecular complexity index is 848. The van der Waals surface area contributed by atoms with E-state index in [-0.39, 0.29) is 0 Å². The van der Waals surface area contributed by atoms with E-state index < -0.39 is 0 Å². The molecule has 0 saturated carbocycles. The molecule has 4 heterocycles. The minimum absolute atomic E-state index is 0.487. The normalized spacial score (nSPS) is 20.8. The first-order valence-electron chi connectivity index (χ1n) is 10.4. The van der Waals surface area contributed by atoms with Crippen LogP contribution in [0.3, 0.4) is 0 Å². The summed E-state index contributed by atoms with van der Waals surface area (Å²) in [6, 6.07) is 6.32. The van der Waals surface area contributed by atoms with Gasteiger partial charge in [-0.3, -0.25) is 4.90 Å². The van der Waals surface area contributed by atoms with E-state index >= 15 is 0 Å². The largest absolute Gasteiger partial charge is 0.486 e. The van der Waals surface area contributed by atoms with Gasteiger partial charge in [-0.1, -0.05) is 6.07 Å². The molecule has 2 aromatic rings. The second kappa shape index (κ2) is 7.68. The number of likely N-dealkylation sites (tertiary alicyclic amines) is 1. The summed E-state index contributed by atoms with van der Waals surface area (Å²) in [5, 5.41) is 0. The van der Waals surface area contributed by atoms with Crippen molar-refractivity contribution in [3.05, 3.63) is 47.0 Å². The maximum Gasteiger partial charge on any atom is 0.161 e. The van der Waals surface area contributed by atoms with Gasteiger partial charge in [-0.15, -0.1) is 0 Å². The van der Waals surface area contributed by atoms with Crippen molar-refractivity contribution in [3.63, 3.8) is 0 Å². The standard InChI is InChI=1S/C22H28N4O2/c1-25-7-6-19-18(15-25)13-23-22(24-19)17-4-8-26(9-5-17)14-16-2-3-20-21(12-16)28-11-10-27-20/h2-3,12-13,17H,4-11,14-15H2,1H3. The lowest BCUT2D eigenvalue weighted by molar-refractivity contribution is 0.170. The lowest BCUT2D eigenvalue weighted by atomic mass is 9.95. The smallest absolute Gasteiger partial charge is 0.161 e. The van der Waals surface area contributed by atoms with Gasteiger partial charge >= 0.3 is 0 Å². The molecule has 1 fully saturated rings. The molecule has 148 valence electrons.